The first-order valence-corrected chi connectivity index (χ1v) is 8.32. The van der Waals surface area contributed by atoms with Crippen molar-refractivity contribution >= 4 is 27.4 Å². The summed E-state index contributed by atoms with van der Waals surface area (Å²) in [6, 6.07) is 2.24. The van der Waals surface area contributed by atoms with Gasteiger partial charge in [-0.3, -0.25) is 0 Å². The smallest absolute Gasteiger partial charge is 0.141 e. The van der Waals surface area contributed by atoms with Gasteiger partial charge in [0, 0.05) is 4.88 Å². The fourth-order valence-corrected chi connectivity index (χ4v) is 3.93. The zero-order valence-corrected chi connectivity index (χ0v) is 13.4. The number of nitrogens with one attached hydrogen (secondary N) is 1. The quantitative estimate of drug-likeness (QED) is 0.928. The molecule has 0 atom stereocenters. The Bertz CT molecular complexity index is 599. The monoisotopic (exact) mass is 291 g/mol. The topological polar surface area (TPSA) is 33.5 Å². The van der Waals surface area contributed by atoms with Crippen molar-refractivity contribution in [2.75, 3.05) is 37.6 Å². The average Bonchev–Trinajstić information content (AvgIpc) is 2.79. The maximum absolute atomic E-state index is 4.72. The van der Waals surface area contributed by atoms with Gasteiger partial charge in [0.25, 0.3) is 0 Å². The third kappa shape index (κ3) is 2.65. The summed E-state index contributed by atoms with van der Waals surface area (Å²) >= 11 is 1.77. The molecule has 1 aliphatic rings. The van der Waals surface area contributed by atoms with Gasteiger partial charge in [0.2, 0.25) is 0 Å². The van der Waals surface area contributed by atoms with Gasteiger partial charge in [0.15, 0.2) is 0 Å². The van der Waals surface area contributed by atoms with E-state index >= 15 is 0 Å². The molecule has 1 aliphatic heterocycles. The Balaban J connectivity index is 1.87. The fraction of sp³-hybridized carbons (Fsp3) is 0.600. The molecule has 0 spiro atoms. The Morgan fingerprint density at radius 1 is 1.25 bits per heavy atom. The highest BCUT2D eigenvalue weighted by Crippen LogP contribution is 2.30. The largest absolute Gasteiger partial charge is 0.345 e. The van der Waals surface area contributed by atoms with E-state index in [9.17, 15) is 0 Å². The summed E-state index contributed by atoms with van der Waals surface area (Å²) in [7, 11) is 0. The minimum atomic E-state index is 0.887. The predicted octanol–water partition coefficient (Wildman–Crippen LogP) is 1.42. The van der Waals surface area contributed by atoms with E-state index in [2.05, 4.69) is 29.8 Å². The number of anilines is 1. The number of fused-ring (bicyclic) bond motifs is 1. The number of hydrogen-bond acceptors (Lipinski definition) is 4. The van der Waals surface area contributed by atoms with Crippen molar-refractivity contribution in [1.29, 1.82) is 0 Å². The van der Waals surface area contributed by atoms with Gasteiger partial charge in [-0.2, -0.15) is 0 Å². The molecule has 0 amide bonds. The molecule has 0 bridgehead atoms. The van der Waals surface area contributed by atoms with Crippen LogP contribution in [0.2, 0.25) is 0 Å². The van der Waals surface area contributed by atoms with Crippen LogP contribution in [0, 0.1) is 13.8 Å². The lowest BCUT2D eigenvalue weighted by molar-refractivity contribution is -0.900. The van der Waals surface area contributed by atoms with Crippen LogP contribution in [0.4, 0.5) is 5.82 Å². The maximum atomic E-state index is 4.72. The molecule has 20 heavy (non-hydrogen) atoms. The standard InChI is InChI=1S/C15H22N4S/c1-4-5-18-6-8-19(9-7-18)14-13-10-11(2)20-15(13)17-12(3)16-14/h10H,4-9H2,1-3H3/p+1. The summed E-state index contributed by atoms with van der Waals surface area (Å²) in [5.74, 6) is 2.03. The third-order valence-electron chi connectivity index (χ3n) is 3.98. The van der Waals surface area contributed by atoms with Crippen molar-refractivity contribution in [3.63, 3.8) is 0 Å². The molecule has 0 saturated carbocycles. The van der Waals surface area contributed by atoms with Crippen LogP contribution < -0.4 is 9.80 Å². The fourth-order valence-electron chi connectivity index (χ4n) is 3.01. The van der Waals surface area contributed by atoms with Crippen LogP contribution in [-0.2, 0) is 0 Å². The van der Waals surface area contributed by atoms with Gasteiger partial charge in [0.1, 0.15) is 16.5 Å². The van der Waals surface area contributed by atoms with Crippen LogP contribution in [0.5, 0.6) is 0 Å². The van der Waals surface area contributed by atoms with E-state index in [1.54, 1.807) is 16.2 Å². The number of hydrogen-bond donors (Lipinski definition) is 1. The molecule has 3 rings (SSSR count). The Morgan fingerprint density at radius 2 is 2.00 bits per heavy atom. The van der Waals surface area contributed by atoms with E-state index in [-0.39, 0.29) is 0 Å². The van der Waals surface area contributed by atoms with E-state index in [1.165, 1.54) is 36.3 Å². The number of thiophene rings is 1. The summed E-state index contributed by atoms with van der Waals surface area (Å²) < 4.78 is 0. The van der Waals surface area contributed by atoms with Crippen molar-refractivity contribution < 1.29 is 4.90 Å². The minimum absolute atomic E-state index is 0.887. The minimum Gasteiger partial charge on any atom is -0.345 e. The van der Waals surface area contributed by atoms with Crippen LogP contribution in [0.25, 0.3) is 10.2 Å². The summed E-state index contributed by atoms with van der Waals surface area (Å²) in [4.78, 5) is 15.9. The number of rotatable bonds is 3. The average molecular weight is 291 g/mol. The molecule has 1 fully saturated rings. The van der Waals surface area contributed by atoms with Crippen LogP contribution >= 0.6 is 11.3 Å². The summed E-state index contributed by atoms with van der Waals surface area (Å²) in [5, 5.41) is 1.23. The molecule has 0 radical (unpaired) electrons. The first-order chi connectivity index (χ1) is 9.67. The Labute approximate surface area is 124 Å². The highest BCUT2D eigenvalue weighted by atomic mass is 32.1. The van der Waals surface area contributed by atoms with Crippen LogP contribution in [0.1, 0.15) is 24.0 Å². The summed E-state index contributed by atoms with van der Waals surface area (Å²) in [6.07, 6.45) is 1.27. The lowest BCUT2D eigenvalue weighted by Gasteiger charge is -2.33. The second-order valence-electron chi connectivity index (χ2n) is 5.66. The second kappa shape index (κ2) is 5.66. The Hall–Kier alpha value is -1.20. The molecule has 0 aliphatic carbocycles. The SMILES string of the molecule is CCC[NH+]1CCN(c2nc(C)nc3sc(C)cc23)CC1. The number of nitrogens with zero attached hydrogens (tertiary/aromatic N) is 3. The van der Waals surface area contributed by atoms with E-state index in [0.29, 0.717) is 0 Å². The lowest BCUT2D eigenvalue weighted by Crippen LogP contribution is -3.14. The van der Waals surface area contributed by atoms with Crippen LogP contribution in [0.15, 0.2) is 6.07 Å². The lowest BCUT2D eigenvalue weighted by atomic mass is 10.2. The van der Waals surface area contributed by atoms with Gasteiger partial charge >= 0.3 is 0 Å². The number of aryl methyl sites for hydroxylation is 2. The van der Waals surface area contributed by atoms with E-state index in [0.717, 1.165) is 29.6 Å². The first kappa shape index (κ1) is 13.8. The van der Waals surface area contributed by atoms with Crippen LogP contribution in [0.3, 0.4) is 0 Å². The van der Waals surface area contributed by atoms with Gasteiger partial charge in [0.05, 0.1) is 38.1 Å². The molecule has 5 heteroatoms. The van der Waals surface area contributed by atoms with Gasteiger partial charge < -0.3 is 9.80 Å². The van der Waals surface area contributed by atoms with Gasteiger partial charge in [-0.25, -0.2) is 9.97 Å². The van der Waals surface area contributed by atoms with Gasteiger partial charge in [-0.15, -0.1) is 11.3 Å². The highest BCUT2D eigenvalue weighted by molar-refractivity contribution is 7.18. The molecule has 108 valence electrons. The summed E-state index contributed by atoms with van der Waals surface area (Å²) in [6.45, 7) is 12.4. The van der Waals surface area contributed by atoms with Crippen molar-refractivity contribution in [2.45, 2.75) is 27.2 Å². The number of quaternary nitrogens is 1. The Morgan fingerprint density at radius 3 is 2.70 bits per heavy atom. The van der Waals surface area contributed by atoms with Gasteiger partial charge in [-0.05, 0) is 26.3 Å². The predicted molar refractivity (Wildman–Crippen MR) is 85.0 cm³/mol. The number of aromatic nitrogens is 2. The van der Waals surface area contributed by atoms with E-state index in [1.807, 2.05) is 6.92 Å². The Kier molecular flexibility index (Phi) is 3.89. The second-order valence-corrected chi connectivity index (χ2v) is 6.89. The van der Waals surface area contributed by atoms with Crippen molar-refractivity contribution in [3.05, 3.63) is 16.8 Å². The molecule has 4 nitrogen and oxygen atoms in total. The highest BCUT2D eigenvalue weighted by Gasteiger charge is 2.22. The van der Waals surface area contributed by atoms with Crippen molar-refractivity contribution in [3.8, 4) is 0 Å². The normalized spacial score (nSPS) is 17.1. The molecule has 1 N–H and O–H groups in total. The molecular weight excluding hydrogens is 268 g/mol. The van der Waals surface area contributed by atoms with E-state index < -0.39 is 0 Å². The van der Waals surface area contributed by atoms with Crippen molar-refractivity contribution in [1.82, 2.24) is 9.97 Å². The van der Waals surface area contributed by atoms with Crippen molar-refractivity contribution in [2.24, 2.45) is 0 Å². The molecule has 0 aromatic carbocycles. The molecule has 1 saturated heterocycles. The molecule has 0 unspecified atom stereocenters. The maximum Gasteiger partial charge on any atom is 0.141 e. The molecule has 2 aromatic rings. The molecule has 3 heterocycles. The van der Waals surface area contributed by atoms with E-state index in [4.69, 9.17) is 4.98 Å². The first-order valence-electron chi connectivity index (χ1n) is 7.50. The molecular formula is C15H23N4S+. The number of piperazine rings is 1. The molecule has 2 aromatic heterocycles. The zero-order chi connectivity index (χ0) is 14.1. The van der Waals surface area contributed by atoms with Gasteiger partial charge in [-0.1, -0.05) is 6.92 Å². The summed E-state index contributed by atoms with van der Waals surface area (Å²) in [5.41, 5.74) is 0. The third-order valence-corrected chi connectivity index (χ3v) is 4.93. The zero-order valence-electron chi connectivity index (χ0n) is 12.6. The van der Waals surface area contributed by atoms with Crippen LogP contribution in [-0.4, -0.2) is 42.7 Å².